The summed E-state index contributed by atoms with van der Waals surface area (Å²) >= 11 is 0. The van der Waals surface area contributed by atoms with Crippen molar-refractivity contribution in [3.63, 3.8) is 0 Å². The average molecular weight is 235 g/mol. The summed E-state index contributed by atoms with van der Waals surface area (Å²) in [7, 11) is 0. The number of rotatable bonds is 2. The molecule has 90 valence electrons. The van der Waals surface area contributed by atoms with Crippen LogP contribution in [0.1, 0.15) is 24.0 Å². The number of halogens is 3. The molecule has 3 nitrogen and oxygen atoms in total. The first-order chi connectivity index (χ1) is 7.48. The van der Waals surface area contributed by atoms with E-state index in [-0.39, 0.29) is 11.7 Å². The van der Waals surface area contributed by atoms with Gasteiger partial charge in [-0.25, -0.2) is 0 Å². The number of aliphatic hydroxyl groups excluding tert-OH is 1. The number of hydrogen-bond donors (Lipinski definition) is 2. The lowest BCUT2D eigenvalue weighted by Crippen LogP contribution is -2.15. The highest BCUT2D eigenvalue weighted by atomic mass is 19.4. The van der Waals surface area contributed by atoms with Gasteiger partial charge in [-0.15, -0.1) is 0 Å². The zero-order valence-corrected chi connectivity index (χ0v) is 8.42. The summed E-state index contributed by atoms with van der Waals surface area (Å²) in [5, 5.41) is 12.8. The van der Waals surface area contributed by atoms with Gasteiger partial charge in [0.05, 0.1) is 0 Å². The maximum atomic E-state index is 12.3. The number of hydrogen-bond acceptors (Lipinski definition) is 3. The van der Waals surface area contributed by atoms with Gasteiger partial charge in [0, 0.05) is 12.5 Å². The minimum Gasteiger partial charge on any atom is -0.454 e. The second-order valence-electron chi connectivity index (χ2n) is 3.90. The number of nitrogens with one attached hydrogen (secondary N) is 1. The van der Waals surface area contributed by atoms with E-state index >= 15 is 0 Å². The highest BCUT2D eigenvalue weighted by Gasteiger charge is 2.36. The number of furan rings is 1. The Labute approximate surface area is 90.3 Å². The molecule has 1 aromatic heterocycles. The molecule has 2 unspecified atom stereocenters. The van der Waals surface area contributed by atoms with Crippen molar-refractivity contribution in [2.75, 3.05) is 13.1 Å². The zero-order chi connectivity index (χ0) is 11.8. The third-order valence-electron chi connectivity index (χ3n) is 2.74. The first-order valence-electron chi connectivity index (χ1n) is 5.04. The van der Waals surface area contributed by atoms with Crippen molar-refractivity contribution < 1.29 is 22.7 Å². The lowest BCUT2D eigenvalue weighted by molar-refractivity contribution is -0.154. The highest BCUT2D eigenvalue weighted by Crippen LogP contribution is 2.34. The summed E-state index contributed by atoms with van der Waals surface area (Å²) < 4.78 is 41.4. The fourth-order valence-electron chi connectivity index (χ4n) is 1.84. The van der Waals surface area contributed by atoms with Crippen molar-refractivity contribution in [1.29, 1.82) is 0 Å². The van der Waals surface area contributed by atoms with Crippen molar-refractivity contribution >= 4 is 0 Å². The molecule has 0 radical (unpaired) electrons. The monoisotopic (exact) mass is 235 g/mol. The number of alkyl halides is 3. The molecule has 0 spiro atoms. The Morgan fingerprint density at radius 2 is 2.19 bits per heavy atom. The molecule has 6 heteroatoms. The van der Waals surface area contributed by atoms with E-state index in [0.717, 1.165) is 19.0 Å². The van der Waals surface area contributed by atoms with Crippen LogP contribution in [0.15, 0.2) is 16.5 Å². The summed E-state index contributed by atoms with van der Waals surface area (Å²) in [6.07, 6.45) is -4.72. The highest BCUT2D eigenvalue weighted by molar-refractivity contribution is 5.12. The van der Waals surface area contributed by atoms with Gasteiger partial charge in [0.15, 0.2) is 0 Å². The molecule has 1 saturated heterocycles. The molecule has 1 fully saturated rings. The first-order valence-corrected chi connectivity index (χ1v) is 5.04. The van der Waals surface area contributed by atoms with Gasteiger partial charge in [0.1, 0.15) is 11.9 Å². The van der Waals surface area contributed by atoms with Crippen LogP contribution in [-0.2, 0) is 6.18 Å². The molecule has 1 aliphatic heterocycles. The van der Waals surface area contributed by atoms with Crippen molar-refractivity contribution in [1.82, 2.24) is 5.32 Å². The van der Waals surface area contributed by atoms with Crippen LogP contribution in [0.3, 0.4) is 0 Å². The quantitative estimate of drug-likeness (QED) is 0.823. The molecule has 0 aliphatic carbocycles. The van der Waals surface area contributed by atoms with E-state index < -0.39 is 18.0 Å². The van der Waals surface area contributed by atoms with Crippen LogP contribution in [0, 0.1) is 5.92 Å². The van der Waals surface area contributed by atoms with Gasteiger partial charge in [-0.3, -0.25) is 0 Å². The van der Waals surface area contributed by atoms with Crippen molar-refractivity contribution in [3.05, 3.63) is 23.7 Å². The summed E-state index contributed by atoms with van der Waals surface area (Å²) in [6.45, 7) is 1.37. The van der Waals surface area contributed by atoms with E-state index in [1.807, 2.05) is 0 Å². The molecule has 2 atom stereocenters. The van der Waals surface area contributed by atoms with Gasteiger partial charge in [0.2, 0.25) is 5.76 Å². The molecule has 0 saturated carbocycles. The normalized spacial score (nSPS) is 23.6. The smallest absolute Gasteiger partial charge is 0.449 e. The molecular formula is C10H12F3NO2. The summed E-state index contributed by atoms with van der Waals surface area (Å²) in [5.74, 6) is -1.15. The summed E-state index contributed by atoms with van der Waals surface area (Å²) in [5.41, 5.74) is 0. The standard InChI is InChI=1S/C10H12F3NO2/c11-10(12,13)8-2-1-7(16-8)9(15)6-3-4-14-5-6/h1-2,6,9,14-15H,3-5H2. The van der Waals surface area contributed by atoms with E-state index in [2.05, 4.69) is 9.73 Å². The fourth-order valence-corrected chi connectivity index (χ4v) is 1.84. The minimum atomic E-state index is -4.49. The van der Waals surface area contributed by atoms with E-state index in [1.165, 1.54) is 6.07 Å². The van der Waals surface area contributed by atoms with Crippen molar-refractivity contribution in [3.8, 4) is 0 Å². The third-order valence-corrected chi connectivity index (χ3v) is 2.74. The summed E-state index contributed by atoms with van der Waals surface area (Å²) in [6, 6.07) is 2.03. The molecule has 2 rings (SSSR count). The van der Waals surface area contributed by atoms with Crippen LogP contribution in [-0.4, -0.2) is 18.2 Å². The topological polar surface area (TPSA) is 45.4 Å². The predicted molar refractivity (Wildman–Crippen MR) is 49.6 cm³/mol. The van der Waals surface area contributed by atoms with E-state index in [9.17, 15) is 18.3 Å². The molecule has 0 aromatic carbocycles. The van der Waals surface area contributed by atoms with Crippen LogP contribution in [0.5, 0.6) is 0 Å². The lowest BCUT2D eigenvalue weighted by atomic mass is 10.00. The Bertz CT molecular complexity index is 355. The molecule has 16 heavy (non-hydrogen) atoms. The maximum Gasteiger partial charge on any atom is 0.449 e. The van der Waals surface area contributed by atoms with Crippen LogP contribution in [0.2, 0.25) is 0 Å². The Kier molecular flexibility index (Phi) is 2.94. The van der Waals surface area contributed by atoms with Gasteiger partial charge in [-0.05, 0) is 25.1 Å². The van der Waals surface area contributed by atoms with Gasteiger partial charge in [-0.1, -0.05) is 0 Å². The maximum absolute atomic E-state index is 12.3. The Morgan fingerprint density at radius 3 is 2.69 bits per heavy atom. The molecular weight excluding hydrogens is 223 g/mol. The molecule has 2 heterocycles. The molecule has 0 amide bonds. The third kappa shape index (κ3) is 2.22. The van der Waals surface area contributed by atoms with E-state index in [4.69, 9.17) is 0 Å². The molecule has 2 N–H and O–H groups in total. The predicted octanol–water partition coefficient (Wildman–Crippen LogP) is 1.94. The van der Waals surface area contributed by atoms with Crippen LogP contribution in [0.25, 0.3) is 0 Å². The largest absolute Gasteiger partial charge is 0.454 e. The van der Waals surface area contributed by atoms with Crippen molar-refractivity contribution in [2.24, 2.45) is 5.92 Å². The van der Waals surface area contributed by atoms with Crippen LogP contribution >= 0.6 is 0 Å². The second kappa shape index (κ2) is 4.10. The lowest BCUT2D eigenvalue weighted by Gasteiger charge is -2.14. The van der Waals surface area contributed by atoms with E-state index in [0.29, 0.717) is 6.54 Å². The Hall–Kier alpha value is -1.01. The first kappa shape index (κ1) is 11.5. The van der Waals surface area contributed by atoms with Crippen LogP contribution < -0.4 is 5.32 Å². The van der Waals surface area contributed by atoms with Crippen LogP contribution in [0.4, 0.5) is 13.2 Å². The second-order valence-corrected chi connectivity index (χ2v) is 3.90. The summed E-state index contributed by atoms with van der Waals surface area (Å²) in [4.78, 5) is 0. The molecule has 0 bridgehead atoms. The minimum absolute atomic E-state index is 0.0129. The number of aliphatic hydroxyl groups is 1. The van der Waals surface area contributed by atoms with Gasteiger partial charge >= 0.3 is 6.18 Å². The van der Waals surface area contributed by atoms with Gasteiger partial charge in [0.25, 0.3) is 0 Å². The van der Waals surface area contributed by atoms with Gasteiger partial charge in [-0.2, -0.15) is 13.2 Å². The fraction of sp³-hybridized carbons (Fsp3) is 0.600. The van der Waals surface area contributed by atoms with E-state index in [1.54, 1.807) is 0 Å². The Balaban J connectivity index is 2.12. The molecule has 1 aromatic rings. The zero-order valence-electron chi connectivity index (χ0n) is 8.42. The average Bonchev–Trinajstić information content (AvgIpc) is 2.87. The Morgan fingerprint density at radius 1 is 1.44 bits per heavy atom. The SMILES string of the molecule is OC(c1ccc(C(F)(F)F)o1)C1CCNC1. The van der Waals surface area contributed by atoms with Gasteiger partial charge < -0.3 is 14.8 Å². The van der Waals surface area contributed by atoms with Crippen molar-refractivity contribution in [2.45, 2.75) is 18.7 Å². The molecule has 1 aliphatic rings.